The Morgan fingerprint density at radius 1 is 1.02 bits per heavy atom. The first kappa shape index (κ1) is 32.8. The topological polar surface area (TPSA) is 120 Å². The molecule has 11 heteroatoms. The zero-order valence-electron chi connectivity index (χ0n) is 27.7. The second-order valence-electron chi connectivity index (χ2n) is 13.2. The minimum Gasteiger partial charge on any atom is -0.444 e. The van der Waals surface area contributed by atoms with E-state index >= 15 is 4.39 Å². The van der Waals surface area contributed by atoms with Crippen molar-refractivity contribution in [3.8, 4) is 11.1 Å². The number of carbonyl (C=O) groups is 2. The van der Waals surface area contributed by atoms with Gasteiger partial charge < -0.3 is 14.8 Å². The number of aromatic nitrogens is 4. The fourth-order valence-corrected chi connectivity index (χ4v) is 5.99. The highest BCUT2D eigenvalue weighted by molar-refractivity contribution is 6.05. The van der Waals surface area contributed by atoms with Crippen LogP contribution in [0, 0.1) is 24.6 Å². The average Bonchev–Trinajstić information content (AvgIpc) is 3.49. The van der Waals surface area contributed by atoms with Gasteiger partial charge in [-0.1, -0.05) is 37.3 Å². The number of aryl methyl sites for hydroxylation is 1. The molecule has 248 valence electrons. The number of hydrogen-bond acceptors (Lipinski definition) is 7. The van der Waals surface area contributed by atoms with Crippen molar-refractivity contribution in [2.45, 2.75) is 59.3 Å². The number of halogens is 1. The summed E-state index contributed by atoms with van der Waals surface area (Å²) in [5, 5.41) is 10.9. The van der Waals surface area contributed by atoms with Gasteiger partial charge in [0.2, 0.25) is 5.91 Å². The molecule has 1 aliphatic rings. The lowest BCUT2D eigenvalue weighted by Crippen LogP contribution is -2.27. The number of amides is 2. The maximum absolute atomic E-state index is 16.1. The van der Waals surface area contributed by atoms with Crippen LogP contribution in [0.2, 0.25) is 0 Å². The van der Waals surface area contributed by atoms with Crippen molar-refractivity contribution in [1.82, 2.24) is 19.7 Å². The number of benzene rings is 2. The number of rotatable bonds is 10. The van der Waals surface area contributed by atoms with Crippen LogP contribution in [0.5, 0.6) is 0 Å². The predicted molar refractivity (Wildman–Crippen MR) is 182 cm³/mol. The average molecular weight is 651 g/mol. The minimum absolute atomic E-state index is 0.0309. The molecular weight excluding hydrogens is 611 g/mol. The van der Waals surface area contributed by atoms with E-state index in [1.807, 2.05) is 61.3 Å². The number of nitrogens with one attached hydrogen (secondary N) is 2. The maximum Gasteiger partial charge on any atom is 0.412 e. The van der Waals surface area contributed by atoms with E-state index in [-0.39, 0.29) is 34.9 Å². The fourth-order valence-electron chi connectivity index (χ4n) is 5.99. The summed E-state index contributed by atoms with van der Waals surface area (Å²) in [7, 11) is 0. The second kappa shape index (κ2) is 13.5. The van der Waals surface area contributed by atoms with E-state index in [2.05, 4.69) is 25.7 Å². The highest BCUT2D eigenvalue weighted by atomic mass is 19.1. The molecular formula is C37H39FN6O4. The molecule has 2 N–H and O–H groups in total. The number of pyridine rings is 2. The molecule has 0 bridgehead atoms. The van der Waals surface area contributed by atoms with E-state index in [1.54, 1.807) is 51.4 Å². The normalized spacial score (nSPS) is 17.2. The van der Waals surface area contributed by atoms with Crippen molar-refractivity contribution in [3.63, 3.8) is 0 Å². The lowest BCUT2D eigenvalue weighted by Gasteiger charge is -2.21. The number of anilines is 2. The summed E-state index contributed by atoms with van der Waals surface area (Å²) in [5.74, 6) is -0.572. The van der Waals surface area contributed by atoms with Crippen LogP contribution in [0.1, 0.15) is 50.3 Å². The van der Waals surface area contributed by atoms with Crippen LogP contribution in [0.25, 0.3) is 21.9 Å². The smallest absolute Gasteiger partial charge is 0.412 e. The SMILES string of the molecule is Cc1ccncc1-c1cc2cc(NC(=O)C3C(C)C3c3cnn(CCOCc4ccccc4)c3)ncc2c(NC(=O)OC(C)(C)C)c1F. The van der Waals surface area contributed by atoms with Crippen LogP contribution in [0.15, 0.2) is 79.5 Å². The lowest BCUT2D eigenvalue weighted by molar-refractivity contribution is -0.117. The quantitative estimate of drug-likeness (QED) is 0.150. The third-order valence-electron chi connectivity index (χ3n) is 8.46. The summed E-state index contributed by atoms with van der Waals surface area (Å²) >= 11 is 0. The van der Waals surface area contributed by atoms with Crippen LogP contribution >= 0.6 is 0 Å². The molecule has 3 unspecified atom stereocenters. The standard InChI is InChI=1S/C37H39FN6O4/c1-22-11-12-39-18-28(22)27-15-25-16-30(40-19-29(25)34(33(27)38)43-36(46)48-37(3,4)5)42-35(45)32-23(2)31(32)26-17-41-44(20-26)13-14-47-21-24-9-7-6-8-10-24/h6-12,15-20,23,31-32H,13-14,21H2,1-5H3,(H,43,46)(H,40,42,45). The van der Waals surface area contributed by atoms with Crippen LogP contribution in [0.3, 0.4) is 0 Å². The molecule has 5 aromatic rings. The Morgan fingerprint density at radius 3 is 2.56 bits per heavy atom. The van der Waals surface area contributed by atoms with Gasteiger partial charge in [0.05, 0.1) is 31.6 Å². The van der Waals surface area contributed by atoms with Gasteiger partial charge in [-0.15, -0.1) is 0 Å². The molecule has 3 atom stereocenters. The van der Waals surface area contributed by atoms with Crippen molar-refractivity contribution < 1.29 is 23.5 Å². The summed E-state index contributed by atoms with van der Waals surface area (Å²) in [6.07, 6.45) is 7.65. The van der Waals surface area contributed by atoms with Gasteiger partial charge in [-0.25, -0.2) is 14.2 Å². The van der Waals surface area contributed by atoms with Crippen molar-refractivity contribution in [2.24, 2.45) is 11.8 Å². The third-order valence-corrected chi connectivity index (χ3v) is 8.46. The van der Waals surface area contributed by atoms with Gasteiger partial charge >= 0.3 is 6.09 Å². The second-order valence-corrected chi connectivity index (χ2v) is 13.2. The first-order valence-electron chi connectivity index (χ1n) is 16.0. The maximum atomic E-state index is 16.1. The molecule has 48 heavy (non-hydrogen) atoms. The number of ether oxygens (including phenoxy) is 2. The number of nitrogens with zero attached hydrogens (tertiary/aromatic N) is 4. The van der Waals surface area contributed by atoms with Crippen molar-refractivity contribution in [1.29, 1.82) is 0 Å². The number of fused-ring (bicyclic) bond motifs is 1. The Balaban J connectivity index is 1.17. The summed E-state index contributed by atoms with van der Waals surface area (Å²) in [6.45, 7) is 10.8. The third kappa shape index (κ3) is 7.36. The molecule has 2 aromatic carbocycles. The summed E-state index contributed by atoms with van der Waals surface area (Å²) in [4.78, 5) is 34.8. The summed E-state index contributed by atoms with van der Waals surface area (Å²) < 4.78 is 29.1. The van der Waals surface area contributed by atoms with Gasteiger partial charge in [0.15, 0.2) is 5.82 Å². The first-order chi connectivity index (χ1) is 23.0. The molecule has 3 aromatic heterocycles. The van der Waals surface area contributed by atoms with E-state index in [1.165, 1.54) is 6.20 Å². The van der Waals surface area contributed by atoms with Crippen LogP contribution in [-0.2, 0) is 27.4 Å². The minimum atomic E-state index is -0.795. The molecule has 3 heterocycles. The summed E-state index contributed by atoms with van der Waals surface area (Å²) in [5.41, 5.74) is 2.91. The molecule has 1 aliphatic carbocycles. The highest BCUT2D eigenvalue weighted by Crippen LogP contribution is 2.54. The molecule has 0 saturated heterocycles. The van der Waals surface area contributed by atoms with Crippen molar-refractivity contribution in [2.75, 3.05) is 17.2 Å². The first-order valence-corrected chi connectivity index (χ1v) is 16.0. The molecule has 1 fully saturated rings. The lowest BCUT2D eigenvalue weighted by atomic mass is 9.98. The predicted octanol–water partition coefficient (Wildman–Crippen LogP) is 7.49. The Labute approximate surface area is 278 Å². The number of carbonyl (C=O) groups excluding carboxylic acids is 2. The molecule has 0 aliphatic heterocycles. The zero-order chi connectivity index (χ0) is 34.0. The van der Waals surface area contributed by atoms with Crippen LogP contribution in [0.4, 0.5) is 20.7 Å². The van der Waals surface area contributed by atoms with E-state index in [0.717, 1.165) is 16.7 Å². The van der Waals surface area contributed by atoms with Crippen LogP contribution < -0.4 is 10.6 Å². The Kier molecular flexibility index (Phi) is 9.23. The monoisotopic (exact) mass is 650 g/mol. The van der Waals surface area contributed by atoms with Gasteiger partial charge in [-0.2, -0.15) is 5.10 Å². The Morgan fingerprint density at radius 2 is 1.81 bits per heavy atom. The number of hydrogen-bond donors (Lipinski definition) is 2. The molecule has 1 saturated carbocycles. The van der Waals surface area contributed by atoms with E-state index in [4.69, 9.17) is 9.47 Å². The van der Waals surface area contributed by atoms with E-state index < -0.39 is 17.5 Å². The van der Waals surface area contributed by atoms with Gasteiger partial charge in [-0.3, -0.25) is 19.8 Å². The van der Waals surface area contributed by atoms with Gasteiger partial charge in [0.25, 0.3) is 0 Å². The Hall–Kier alpha value is -5.16. The molecule has 0 spiro atoms. The largest absolute Gasteiger partial charge is 0.444 e. The molecule has 0 radical (unpaired) electrons. The van der Waals surface area contributed by atoms with Crippen molar-refractivity contribution in [3.05, 3.63) is 102 Å². The van der Waals surface area contributed by atoms with Gasteiger partial charge in [-0.05, 0) is 73.9 Å². The highest BCUT2D eigenvalue weighted by Gasteiger charge is 2.53. The Bertz CT molecular complexity index is 1960. The molecule has 6 rings (SSSR count). The summed E-state index contributed by atoms with van der Waals surface area (Å²) in [6, 6.07) is 15.1. The van der Waals surface area contributed by atoms with Crippen LogP contribution in [-0.4, -0.2) is 44.0 Å². The fraction of sp³-hybridized carbons (Fsp3) is 0.324. The van der Waals surface area contributed by atoms with E-state index in [0.29, 0.717) is 41.9 Å². The van der Waals surface area contributed by atoms with Gasteiger partial charge in [0.1, 0.15) is 11.4 Å². The van der Waals surface area contributed by atoms with Crippen molar-refractivity contribution >= 4 is 34.3 Å². The zero-order valence-corrected chi connectivity index (χ0v) is 27.7. The van der Waals surface area contributed by atoms with Gasteiger partial charge in [0, 0.05) is 53.1 Å². The molecule has 2 amide bonds. The van der Waals surface area contributed by atoms with E-state index in [9.17, 15) is 9.59 Å². The molecule has 10 nitrogen and oxygen atoms in total.